The number of halogens is 2. The zero-order valence-corrected chi connectivity index (χ0v) is 10.2. The van der Waals surface area contributed by atoms with Crippen molar-refractivity contribution in [2.45, 2.75) is 19.6 Å². The topological polar surface area (TPSA) is 34.1 Å². The van der Waals surface area contributed by atoms with Crippen LogP contribution in [0.2, 0.25) is 5.02 Å². The maximum absolute atomic E-state index is 10.8. The van der Waals surface area contributed by atoms with Crippen molar-refractivity contribution in [3.8, 4) is 0 Å². The van der Waals surface area contributed by atoms with E-state index in [1.165, 1.54) is 11.3 Å². The summed E-state index contributed by atoms with van der Waals surface area (Å²) < 4.78 is 21.7. The fraction of sp³-hybridized carbons (Fsp3) is 0.429. The summed E-state index contributed by atoms with van der Waals surface area (Å²) in [4.78, 5) is 1.83. The fourth-order valence-electron chi connectivity index (χ4n) is 1.04. The van der Waals surface area contributed by atoms with Gasteiger partial charge in [0, 0.05) is 26.0 Å². The van der Waals surface area contributed by atoms with Gasteiger partial charge in [0.1, 0.15) is 0 Å². The van der Waals surface area contributed by atoms with Gasteiger partial charge in [0.25, 0.3) is 0 Å². The maximum atomic E-state index is 10.8. The van der Waals surface area contributed by atoms with E-state index in [0.717, 1.165) is 9.75 Å². The van der Waals surface area contributed by atoms with Crippen molar-refractivity contribution in [1.29, 1.82) is 0 Å². The summed E-state index contributed by atoms with van der Waals surface area (Å²) in [5.41, 5.74) is 0.624. The first-order chi connectivity index (χ1) is 5.81. The Hall–Kier alpha value is 0.230. The molecule has 0 amide bonds. The summed E-state index contributed by atoms with van der Waals surface area (Å²) in [7, 11) is 1.62. The van der Waals surface area contributed by atoms with Gasteiger partial charge in [0.15, 0.2) is 0 Å². The molecule has 1 aromatic rings. The second-order valence-corrected chi connectivity index (χ2v) is 7.27. The largest absolute Gasteiger partial charge is 0.236 e. The Bertz CT molecular complexity index is 420. The quantitative estimate of drug-likeness (QED) is 0.765. The molecule has 0 bridgehead atoms. The minimum atomic E-state index is -3.51. The Morgan fingerprint density at radius 1 is 1.31 bits per heavy atom. The summed E-state index contributed by atoms with van der Waals surface area (Å²) in [5, 5.41) is 0.520. The number of hydrogen-bond donors (Lipinski definition) is 0. The van der Waals surface area contributed by atoms with Crippen LogP contribution in [0.3, 0.4) is 0 Å². The summed E-state index contributed by atoms with van der Waals surface area (Å²) in [6, 6.07) is 0. The van der Waals surface area contributed by atoms with E-state index < -0.39 is 9.05 Å². The molecule has 6 heteroatoms. The van der Waals surface area contributed by atoms with E-state index in [9.17, 15) is 8.42 Å². The molecule has 2 nitrogen and oxygen atoms in total. The van der Waals surface area contributed by atoms with E-state index in [2.05, 4.69) is 0 Å². The third-order valence-electron chi connectivity index (χ3n) is 1.62. The zero-order chi connectivity index (χ0) is 10.2. The lowest BCUT2D eigenvalue weighted by Gasteiger charge is -1.96. The van der Waals surface area contributed by atoms with E-state index in [-0.39, 0.29) is 5.75 Å². The third kappa shape index (κ3) is 2.84. The van der Waals surface area contributed by atoms with Gasteiger partial charge in [-0.3, -0.25) is 0 Å². The van der Waals surface area contributed by atoms with Crippen molar-refractivity contribution in [2.24, 2.45) is 0 Å². The average Bonchev–Trinajstić information content (AvgIpc) is 2.14. The Morgan fingerprint density at radius 2 is 1.85 bits per heavy atom. The summed E-state index contributed by atoms with van der Waals surface area (Å²) in [5.74, 6) is -0.191. The van der Waals surface area contributed by atoms with Crippen molar-refractivity contribution in [3.05, 3.63) is 20.3 Å². The molecule has 0 saturated carbocycles. The fourth-order valence-corrected chi connectivity index (χ4v) is 3.59. The SMILES string of the molecule is Cc1sc(C)c(CS(=O)(=O)Cl)c1Cl. The molecule has 0 aromatic carbocycles. The van der Waals surface area contributed by atoms with Crippen LogP contribution in [0.1, 0.15) is 15.3 Å². The van der Waals surface area contributed by atoms with Crippen LogP contribution in [0.25, 0.3) is 0 Å². The van der Waals surface area contributed by atoms with Gasteiger partial charge in [0.2, 0.25) is 9.05 Å². The first kappa shape index (κ1) is 11.3. The average molecular weight is 259 g/mol. The molecule has 0 aliphatic carbocycles. The van der Waals surface area contributed by atoms with E-state index in [4.69, 9.17) is 22.3 Å². The molecule has 0 radical (unpaired) electrons. The molecule has 74 valence electrons. The van der Waals surface area contributed by atoms with Crippen LogP contribution in [0.15, 0.2) is 0 Å². The first-order valence-electron chi connectivity index (χ1n) is 3.48. The van der Waals surface area contributed by atoms with Crippen molar-refractivity contribution in [3.63, 3.8) is 0 Å². The molecular weight excluding hydrogens is 251 g/mol. The molecule has 0 N–H and O–H groups in total. The molecule has 13 heavy (non-hydrogen) atoms. The van der Waals surface area contributed by atoms with Gasteiger partial charge in [-0.1, -0.05) is 11.6 Å². The smallest absolute Gasteiger partial charge is 0.212 e. The number of aryl methyl sites for hydroxylation is 2. The summed E-state index contributed by atoms with van der Waals surface area (Å²) in [6.45, 7) is 3.69. The lowest BCUT2D eigenvalue weighted by molar-refractivity contribution is 0.609. The number of rotatable bonds is 2. The summed E-state index contributed by atoms with van der Waals surface area (Å²) in [6.07, 6.45) is 0. The summed E-state index contributed by atoms with van der Waals surface area (Å²) >= 11 is 7.39. The van der Waals surface area contributed by atoms with Crippen LogP contribution < -0.4 is 0 Å². The van der Waals surface area contributed by atoms with Crippen molar-refractivity contribution in [2.75, 3.05) is 0 Å². The van der Waals surface area contributed by atoms with Gasteiger partial charge in [-0.2, -0.15) is 0 Å². The highest BCUT2D eigenvalue weighted by atomic mass is 35.7. The normalized spacial score (nSPS) is 12.0. The van der Waals surface area contributed by atoms with Gasteiger partial charge in [0.05, 0.1) is 10.8 Å². The molecule has 0 spiro atoms. The van der Waals surface area contributed by atoms with Crippen LogP contribution in [0.4, 0.5) is 0 Å². The molecule has 0 aliphatic rings. The lowest BCUT2D eigenvalue weighted by Crippen LogP contribution is -1.95. The van der Waals surface area contributed by atoms with Gasteiger partial charge in [-0.05, 0) is 13.8 Å². The first-order valence-corrected chi connectivity index (χ1v) is 7.15. The van der Waals surface area contributed by atoms with Crippen LogP contribution >= 0.6 is 33.6 Å². The van der Waals surface area contributed by atoms with Crippen molar-refractivity contribution in [1.82, 2.24) is 0 Å². The molecule has 1 rings (SSSR count). The second kappa shape index (κ2) is 3.77. The standard InChI is InChI=1S/C7H8Cl2O2S2/c1-4-6(3-13(9,10)11)7(8)5(2)12-4/h3H2,1-2H3. The molecule has 0 aliphatic heterocycles. The van der Waals surface area contributed by atoms with E-state index in [1.807, 2.05) is 13.8 Å². The highest BCUT2D eigenvalue weighted by Crippen LogP contribution is 2.33. The lowest BCUT2D eigenvalue weighted by atomic mass is 10.3. The molecule has 1 heterocycles. The Morgan fingerprint density at radius 3 is 2.15 bits per heavy atom. The minimum Gasteiger partial charge on any atom is -0.212 e. The molecule has 0 atom stereocenters. The minimum absolute atomic E-state index is 0.191. The van der Waals surface area contributed by atoms with Crippen LogP contribution in [-0.4, -0.2) is 8.42 Å². The molecule has 0 saturated heterocycles. The Kier molecular flexibility index (Phi) is 3.28. The maximum Gasteiger partial charge on any atom is 0.236 e. The van der Waals surface area contributed by atoms with Crippen LogP contribution in [0, 0.1) is 13.8 Å². The molecule has 0 unspecified atom stereocenters. The van der Waals surface area contributed by atoms with Crippen molar-refractivity contribution >= 4 is 42.7 Å². The second-order valence-electron chi connectivity index (χ2n) is 2.69. The predicted octanol–water partition coefficient (Wildman–Crippen LogP) is 3.09. The number of hydrogen-bond acceptors (Lipinski definition) is 3. The van der Waals surface area contributed by atoms with Gasteiger partial charge in [-0.25, -0.2) is 8.42 Å². The van der Waals surface area contributed by atoms with Crippen molar-refractivity contribution < 1.29 is 8.42 Å². The highest BCUT2D eigenvalue weighted by molar-refractivity contribution is 8.13. The molecular formula is C7H8Cl2O2S2. The van der Waals surface area contributed by atoms with E-state index >= 15 is 0 Å². The highest BCUT2D eigenvalue weighted by Gasteiger charge is 2.16. The van der Waals surface area contributed by atoms with Gasteiger partial charge < -0.3 is 0 Å². The van der Waals surface area contributed by atoms with Gasteiger partial charge in [-0.15, -0.1) is 11.3 Å². The molecule has 1 aromatic heterocycles. The Balaban J connectivity index is 3.15. The van der Waals surface area contributed by atoms with E-state index in [1.54, 1.807) is 0 Å². The Labute approximate surface area is 90.9 Å². The van der Waals surface area contributed by atoms with E-state index in [0.29, 0.717) is 10.6 Å². The third-order valence-corrected chi connectivity index (χ3v) is 4.27. The number of thiophene rings is 1. The van der Waals surface area contributed by atoms with Gasteiger partial charge >= 0.3 is 0 Å². The zero-order valence-electron chi connectivity index (χ0n) is 7.10. The molecule has 0 fully saturated rings. The monoisotopic (exact) mass is 258 g/mol. The van der Waals surface area contributed by atoms with Crippen LogP contribution in [-0.2, 0) is 14.8 Å². The van der Waals surface area contributed by atoms with Crippen LogP contribution in [0.5, 0.6) is 0 Å². The predicted molar refractivity (Wildman–Crippen MR) is 57.3 cm³/mol.